The van der Waals surface area contributed by atoms with Gasteiger partial charge in [-0.2, -0.15) is 0 Å². The van der Waals surface area contributed by atoms with Crippen LogP contribution in [0.2, 0.25) is 10.2 Å². The molecule has 0 aliphatic heterocycles. The Balaban J connectivity index is 1.92. The molecule has 0 bridgehead atoms. The quantitative estimate of drug-likeness (QED) is 0.750. The second-order valence-electron chi connectivity index (χ2n) is 5.06. The summed E-state index contributed by atoms with van der Waals surface area (Å²) in [5.41, 5.74) is 0.561. The van der Waals surface area contributed by atoms with Crippen LogP contribution in [0.1, 0.15) is 23.7 Å². The smallest absolute Gasteiger partial charge is 0.251 e. The SMILES string of the molecule is CCC(COc1cnc(Cl)c(Cl)c1)NC(=O)c1ccc(OC)cc1. The number of methoxy groups -OCH3 is 1. The first-order valence-electron chi connectivity index (χ1n) is 7.42. The molecule has 2 aromatic rings. The zero-order valence-electron chi connectivity index (χ0n) is 13.4. The molecule has 5 nitrogen and oxygen atoms in total. The maximum atomic E-state index is 12.3. The van der Waals surface area contributed by atoms with Gasteiger partial charge in [-0.05, 0) is 30.7 Å². The van der Waals surface area contributed by atoms with Crippen LogP contribution in [-0.2, 0) is 0 Å². The highest BCUT2D eigenvalue weighted by Gasteiger charge is 2.13. The van der Waals surface area contributed by atoms with Crippen LogP contribution in [0.25, 0.3) is 0 Å². The van der Waals surface area contributed by atoms with Gasteiger partial charge in [-0.25, -0.2) is 4.98 Å². The first-order valence-corrected chi connectivity index (χ1v) is 8.17. The molecule has 1 unspecified atom stereocenters. The van der Waals surface area contributed by atoms with Gasteiger partial charge in [0.2, 0.25) is 0 Å². The molecule has 0 aliphatic rings. The van der Waals surface area contributed by atoms with Crippen molar-refractivity contribution in [1.29, 1.82) is 0 Å². The minimum atomic E-state index is -0.166. The van der Waals surface area contributed by atoms with E-state index in [1.165, 1.54) is 6.20 Å². The molecule has 0 aliphatic carbocycles. The van der Waals surface area contributed by atoms with Crippen molar-refractivity contribution in [3.8, 4) is 11.5 Å². The number of carbonyl (C=O) groups excluding carboxylic acids is 1. The number of carbonyl (C=O) groups is 1. The fourth-order valence-corrected chi connectivity index (χ4v) is 2.21. The monoisotopic (exact) mass is 368 g/mol. The van der Waals surface area contributed by atoms with Gasteiger partial charge in [-0.3, -0.25) is 4.79 Å². The van der Waals surface area contributed by atoms with E-state index in [0.29, 0.717) is 28.7 Å². The Morgan fingerprint density at radius 2 is 1.96 bits per heavy atom. The molecule has 1 atom stereocenters. The molecule has 1 heterocycles. The number of nitrogens with zero attached hydrogens (tertiary/aromatic N) is 1. The lowest BCUT2D eigenvalue weighted by molar-refractivity contribution is 0.0920. The van der Waals surface area contributed by atoms with Gasteiger partial charge in [0, 0.05) is 11.6 Å². The fraction of sp³-hybridized carbons (Fsp3) is 0.294. The van der Waals surface area contributed by atoms with Crippen molar-refractivity contribution >= 4 is 29.1 Å². The molecule has 1 N–H and O–H groups in total. The molecular formula is C17H18Cl2N2O3. The third-order valence-corrected chi connectivity index (χ3v) is 4.09. The maximum absolute atomic E-state index is 12.3. The van der Waals surface area contributed by atoms with Crippen molar-refractivity contribution in [1.82, 2.24) is 10.3 Å². The second kappa shape index (κ2) is 8.76. The van der Waals surface area contributed by atoms with Crippen molar-refractivity contribution < 1.29 is 14.3 Å². The van der Waals surface area contributed by atoms with Gasteiger partial charge in [-0.1, -0.05) is 30.1 Å². The second-order valence-corrected chi connectivity index (χ2v) is 5.83. The highest BCUT2D eigenvalue weighted by Crippen LogP contribution is 2.23. The van der Waals surface area contributed by atoms with Gasteiger partial charge in [0.15, 0.2) is 0 Å². The third kappa shape index (κ3) is 5.01. The highest BCUT2D eigenvalue weighted by molar-refractivity contribution is 6.41. The number of nitrogens with one attached hydrogen (secondary N) is 1. The van der Waals surface area contributed by atoms with E-state index in [0.717, 1.165) is 6.42 Å². The zero-order chi connectivity index (χ0) is 17.5. The first kappa shape index (κ1) is 18.4. The molecule has 7 heteroatoms. The van der Waals surface area contributed by atoms with Crippen molar-refractivity contribution in [3.63, 3.8) is 0 Å². The maximum Gasteiger partial charge on any atom is 0.251 e. The molecule has 2 rings (SSSR count). The molecule has 24 heavy (non-hydrogen) atoms. The summed E-state index contributed by atoms with van der Waals surface area (Å²) in [6, 6.07) is 8.36. The Labute approximate surface area is 150 Å². The van der Waals surface area contributed by atoms with Crippen molar-refractivity contribution in [2.24, 2.45) is 0 Å². The molecule has 0 saturated carbocycles. The van der Waals surface area contributed by atoms with E-state index in [1.54, 1.807) is 37.4 Å². The van der Waals surface area contributed by atoms with Gasteiger partial charge in [0.1, 0.15) is 23.3 Å². The third-order valence-electron chi connectivity index (χ3n) is 3.40. The number of rotatable bonds is 7. The van der Waals surface area contributed by atoms with E-state index < -0.39 is 0 Å². The van der Waals surface area contributed by atoms with E-state index in [4.69, 9.17) is 32.7 Å². The lowest BCUT2D eigenvalue weighted by Gasteiger charge is -2.18. The Kier molecular flexibility index (Phi) is 6.70. The normalized spacial score (nSPS) is 11.7. The largest absolute Gasteiger partial charge is 0.497 e. The minimum absolute atomic E-state index is 0.144. The zero-order valence-corrected chi connectivity index (χ0v) is 14.9. The van der Waals surface area contributed by atoms with Crippen LogP contribution in [-0.4, -0.2) is 30.6 Å². The molecule has 0 radical (unpaired) electrons. The molecule has 1 amide bonds. The van der Waals surface area contributed by atoms with Crippen molar-refractivity contribution in [2.75, 3.05) is 13.7 Å². The molecule has 1 aromatic carbocycles. The van der Waals surface area contributed by atoms with Gasteiger partial charge in [0.05, 0.1) is 24.4 Å². The number of aromatic nitrogens is 1. The van der Waals surface area contributed by atoms with Crippen molar-refractivity contribution in [2.45, 2.75) is 19.4 Å². The van der Waals surface area contributed by atoms with Crippen LogP contribution in [0.4, 0.5) is 0 Å². The molecule has 128 valence electrons. The van der Waals surface area contributed by atoms with E-state index >= 15 is 0 Å². The predicted octanol–water partition coefficient (Wildman–Crippen LogP) is 3.98. The van der Waals surface area contributed by atoms with Crippen LogP contribution in [0, 0.1) is 0 Å². The van der Waals surface area contributed by atoms with Crippen molar-refractivity contribution in [3.05, 3.63) is 52.3 Å². The number of hydrogen-bond donors (Lipinski definition) is 1. The number of halogens is 2. The summed E-state index contributed by atoms with van der Waals surface area (Å²) in [6.07, 6.45) is 2.21. The number of ether oxygens (including phenoxy) is 2. The van der Waals surface area contributed by atoms with E-state index in [1.807, 2.05) is 6.92 Å². The Morgan fingerprint density at radius 3 is 2.54 bits per heavy atom. The summed E-state index contributed by atoms with van der Waals surface area (Å²) in [6.45, 7) is 2.27. The van der Waals surface area contributed by atoms with Crippen LogP contribution in [0.15, 0.2) is 36.5 Å². The molecule has 0 saturated heterocycles. The Morgan fingerprint density at radius 1 is 1.25 bits per heavy atom. The number of benzene rings is 1. The van der Waals surface area contributed by atoms with E-state index in [9.17, 15) is 4.79 Å². The van der Waals surface area contributed by atoms with E-state index in [-0.39, 0.29) is 17.1 Å². The van der Waals surface area contributed by atoms with Crippen LogP contribution in [0.3, 0.4) is 0 Å². The summed E-state index contributed by atoms with van der Waals surface area (Å²) in [4.78, 5) is 16.2. The lowest BCUT2D eigenvalue weighted by atomic mass is 10.1. The molecule has 1 aromatic heterocycles. The van der Waals surface area contributed by atoms with E-state index in [2.05, 4.69) is 10.3 Å². The molecular weight excluding hydrogens is 351 g/mol. The number of hydrogen-bond acceptors (Lipinski definition) is 4. The van der Waals surface area contributed by atoms with Crippen LogP contribution >= 0.6 is 23.2 Å². The Bertz CT molecular complexity index is 693. The first-order chi connectivity index (χ1) is 11.5. The summed E-state index contributed by atoms with van der Waals surface area (Å²) in [7, 11) is 1.58. The number of amides is 1. The lowest BCUT2D eigenvalue weighted by Crippen LogP contribution is -2.38. The Hall–Kier alpha value is -1.98. The molecule has 0 fully saturated rings. The van der Waals surface area contributed by atoms with Gasteiger partial charge in [-0.15, -0.1) is 0 Å². The van der Waals surface area contributed by atoms with Crippen LogP contribution < -0.4 is 14.8 Å². The summed E-state index contributed by atoms with van der Waals surface area (Å²) in [5, 5.41) is 3.48. The summed E-state index contributed by atoms with van der Waals surface area (Å²) < 4.78 is 10.7. The molecule has 0 spiro atoms. The topological polar surface area (TPSA) is 60.5 Å². The minimum Gasteiger partial charge on any atom is -0.497 e. The fourth-order valence-electron chi connectivity index (χ4n) is 1.95. The average molecular weight is 369 g/mol. The predicted molar refractivity (Wildman–Crippen MR) is 94.3 cm³/mol. The summed E-state index contributed by atoms with van der Waals surface area (Å²) >= 11 is 11.7. The number of pyridine rings is 1. The average Bonchev–Trinajstić information content (AvgIpc) is 2.61. The summed E-state index contributed by atoms with van der Waals surface area (Å²) in [5.74, 6) is 1.04. The highest BCUT2D eigenvalue weighted by atomic mass is 35.5. The standard InChI is InChI=1S/C17H18Cl2N2O3/c1-3-12(10-24-14-8-15(18)16(19)20-9-14)21-17(22)11-4-6-13(23-2)7-5-11/h4-9,12H,3,10H2,1-2H3,(H,21,22). The van der Waals surface area contributed by atoms with Gasteiger partial charge >= 0.3 is 0 Å². The van der Waals surface area contributed by atoms with Gasteiger partial charge in [0.25, 0.3) is 5.91 Å². The van der Waals surface area contributed by atoms with Crippen LogP contribution in [0.5, 0.6) is 11.5 Å². The van der Waals surface area contributed by atoms with Gasteiger partial charge < -0.3 is 14.8 Å².